The molecule has 0 saturated heterocycles. The third-order valence-corrected chi connectivity index (χ3v) is 11.9. The summed E-state index contributed by atoms with van der Waals surface area (Å²) in [5.74, 6) is 0.939. The Hall–Kier alpha value is -4.00. The van der Waals surface area contributed by atoms with Crippen molar-refractivity contribution >= 4 is 65.6 Å². The number of carbonyl (C=O) groups is 1. The van der Waals surface area contributed by atoms with Gasteiger partial charge in [-0.3, -0.25) is 9.78 Å². The maximum absolute atomic E-state index is 13.8. The van der Waals surface area contributed by atoms with Crippen molar-refractivity contribution in [2.45, 2.75) is 113 Å². The minimum absolute atomic E-state index is 0. The fourth-order valence-electron chi connectivity index (χ4n) is 8.43. The van der Waals surface area contributed by atoms with Crippen LogP contribution in [0, 0.1) is 37.2 Å². The molecule has 1 radical (unpaired) electrons. The summed E-state index contributed by atoms with van der Waals surface area (Å²) < 4.78 is 43.7. The van der Waals surface area contributed by atoms with Crippen LogP contribution in [0.3, 0.4) is 0 Å². The minimum atomic E-state index is -4.29. The van der Waals surface area contributed by atoms with E-state index in [4.69, 9.17) is 4.98 Å². The Balaban J connectivity index is 0.000000322. The molecule has 3 aromatic heterocycles. The first-order chi connectivity index (χ1) is 26.0. The van der Waals surface area contributed by atoms with Gasteiger partial charge in [0.1, 0.15) is 0 Å². The molecule has 0 unspecified atom stereocenters. The summed E-state index contributed by atoms with van der Waals surface area (Å²) in [7, 11) is 0. The number of hydrogen-bond acceptors (Lipinski definition) is 3. The Morgan fingerprint density at radius 2 is 1.52 bits per heavy atom. The summed E-state index contributed by atoms with van der Waals surface area (Å²) in [5.41, 5.74) is 6.33. The molecule has 1 N–H and O–H groups in total. The molecular formula is C48H54F3IrN2O2-. The van der Waals surface area contributed by atoms with E-state index in [1.165, 1.54) is 36.4 Å². The summed E-state index contributed by atoms with van der Waals surface area (Å²) >= 11 is 0. The number of aliphatic hydroxyl groups is 1. The number of rotatable bonds is 10. The van der Waals surface area contributed by atoms with Crippen LogP contribution in [-0.4, -0.2) is 26.5 Å². The fourth-order valence-corrected chi connectivity index (χ4v) is 8.43. The van der Waals surface area contributed by atoms with E-state index >= 15 is 0 Å². The van der Waals surface area contributed by atoms with Crippen LogP contribution in [-0.2, 0) is 31.3 Å². The van der Waals surface area contributed by atoms with Gasteiger partial charge >= 0.3 is 6.18 Å². The molecule has 8 heteroatoms. The number of fused-ring (bicyclic) bond motifs is 7. The summed E-state index contributed by atoms with van der Waals surface area (Å²) in [5, 5.41) is 17.2. The standard InChI is InChI=1S/C35H30F3N2.C13H24O2.Ir/c1-18(2)23-13-19(3)29-20(4)32-27(16-24(29)15-23)31-30-22(11-12-39-31)8-10-26-25-9-7-21(14-28(25)40(32)33(26)30)17-34(5,6)35(36,37)38;1-5-10(6-2)12(14)9-13(15)11(7-3)8-4;/h7-15,18H,17H2,1-6H3;9-11,14H,5-8H2,1-4H3;/q-1;;/b;12-9-;. The number of aromatic nitrogens is 2. The van der Waals surface area contributed by atoms with Crippen molar-refractivity contribution in [1.29, 1.82) is 0 Å². The fraction of sp³-hybridized carbons (Fsp3) is 0.417. The molecule has 0 amide bonds. The number of allylic oxidation sites excluding steroid dienone is 2. The van der Waals surface area contributed by atoms with E-state index in [9.17, 15) is 23.1 Å². The molecule has 3 heterocycles. The third kappa shape index (κ3) is 7.56. The molecule has 299 valence electrons. The van der Waals surface area contributed by atoms with E-state index in [0.717, 1.165) is 85.6 Å². The van der Waals surface area contributed by atoms with Crippen molar-refractivity contribution in [2.75, 3.05) is 0 Å². The number of ketones is 1. The average Bonchev–Trinajstić information content (AvgIpc) is 3.45. The molecule has 0 saturated carbocycles. The SMILES string of the molecule is CCC(CC)C(=O)/C=C(\O)C(CC)CC.Cc1cc(C(C)C)cc2[c-]c3c4nccc5ccc6c7ccc(CC(C)(C)C(F)(F)F)cc7n(c3c(C)c12)c6c54.[Ir]. The zero-order valence-corrected chi connectivity index (χ0v) is 36.7. The second kappa shape index (κ2) is 16.5. The van der Waals surface area contributed by atoms with Crippen molar-refractivity contribution in [3.8, 4) is 0 Å². The smallest absolute Gasteiger partial charge is 0.394 e. The van der Waals surface area contributed by atoms with Crippen molar-refractivity contribution < 1.29 is 43.2 Å². The number of aliphatic hydroxyl groups excluding tert-OH is 1. The summed E-state index contributed by atoms with van der Waals surface area (Å²) in [6, 6.07) is 20.3. The number of nitrogens with zero attached hydrogens (tertiary/aromatic N) is 2. The van der Waals surface area contributed by atoms with Crippen LogP contribution in [0.1, 0.15) is 109 Å². The number of benzene rings is 4. The molecule has 0 atom stereocenters. The molecular weight excluding hydrogens is 886 g/mol. The Kier molecular flexibility index (Phi) is 12.7. The minimum Gasteiger partial charge on any atom is -0.512 e. The normalized spacial score (nSPS) is 13.0. The first-order valence-electron chi connectivity index (χ1n) is 19.8. The maximum Gasteiger partial charge on any atom is 0.394 e. The monoisotopic (exact) mass is 940 g/mol. The van der Waals surface area contributed by atoms with E-state index < -0.39 is 11.6 Å². The zero-order valence-electron chi connectivity index (χ0n) is 34.3. The molecule has 7 aromatic rings. The van der Waals surface area contributed by atoms with Gasteiger partial charge in [0.25, 0.3) is 0 Å². The van der Waals surface area contributed by atoms with Gasteiger partial charge in [0.05, 0.1) is 11.2 Å². The molecule has 4 aromatic carbocycles. The van der Waals surface area contributed by atoms with E-state index in [0.29, 0.717) is 11.5 Å². The van der Waals surface area contributed by atoms with Crippen molar-refractivity contribution in [1.82, 2.24) is 9.38 Å². The van der Waals surface area contributed by atoms with Crippen LogP contribution in [0.25, 0.3) is 59.8 Å². The van der Waals surface area contributed by atoms with E-state index in [-0.39, 0.29) is 49.9 Å². The van der Waals surface area contributed by atoms with Gasteiger partial charge in [-0.05, 0) is 78.9 Å². The molecule has 0 fully saturated rings. The van der Waals surface area contributed by atoms with Crippen LogP contribution >= 0.6 is 0 Å². The number of hydrogen-bond donors (Lipinski definition) is 1. The zero-order chi connectivity index (χ0) is 40.1. The maximum atomic E-state index is 13.8. The summed E-state index contributed by atoms with van der Waals surface area (Å²) in [4.78, 5) is 16.6. The summed E-state index contributed by atoms with van der Waals surface area (Å²) in [6.45, 7) is 19.3. The predicted octanol–water partition coefficient (Wildman–Crippen LogP) is 14.1. The number of pyridine rings is 2. The second-order valence-electron chi connectivity index (χ2n) is 16.4. The van der Waals surface area contributed by atoms with Crippen LogP contribution in [0.15, 0.2) is 66.6 Å². The van der Waals surface area contributed by atoms with Gasteiger partial charge in [0.15, 0.2) is 5.78 Å². The van der Waals surface area contributed by atoms with Gasteiger partial charge in [-0.1, -0.05) is 120 Å². The Morgan fingerprint density at radius 3 is 2.12 bits per heavy atom. The van der Waals surface area contributed by atoms with Gasteiger partial charge in [-0.15, -0.1) is 17.5 Å². The van der Waals surface area contributed by atoms with E-state index in [2.05, 4.69) is 62.4 Å². The first kappa shape index (κ1) is 43.1. The van der Waals surface area contributed by atoms with E-state index in [1.54, 1.807) is 0 Å². The molecule has 0 spiro atoms. The van der Waals surface area contributed by atoms with Crippen LogP contribution in [0.5, 0.6) is 0 Å². The summed E-state index contributed by atoms with van der Waals surface area (Å²) in [6.07, 6.45) is 2.38. The van der Waals surface area contributed by atoms with Crippen molar-refractivity contribution in [3.05, 3.63) is 94.9 Å². The Morgan fingerprint density at radius 1 is 0.875 bits per heavy atom. The van der Waals surface area contributed by atoms with Gasteiger partial charge in [0, 0.05) is 71.5 Å². The molecule has 56 heavy (non-hydrogen) atoms. The molecule has 0 aliphatic heterocycles. The third-order valence-electron chi connectivity index (χ3n) is 11.9. The number of carbonyl (C=O) groups excluding carboxylic acids is 1. The van der Waals surface area contributed by atoms with Crippen LogP contribution in [0.2, 0.25) is 0 Å². The van der Waals surface area contributed by atoms with E-state index in [1.807, 2.05) is 58.2 Å². The molecule has 7 rings (SSSR count). The van der Waals surface area contributed by atoms with Gasteiger partial charge < -0.3 is 9.51 Å². The number of aryl methyl sites for hydroxylation is 2. The predicted molar refractivity (Wildman–Crippen MR) is 224 cm³/mol. The van der Waals surface area contributed by atoms with Gasteiger partial charge in [0.2, 0.25) is 0 Å². The Bertz CT molecular complexity index is 2570. The largest absolute Gasteiger partial charge is 0.512 e. The first-order valence-corrected chi connectivity index (χ1v) is 19.8. The number of halogens is 3. The van der Waals surface area contributed by atoms with Gasteiger partial charge in [-0.25, -0.2) is 0 Å². The second-order valence-corrected chi connectivity index (χ2v) is 16.4. The molecule has 0 aliphatic carbocycles. The van der Waals surface area contributed by atoms with Crippen molar-refractivity contribution in [2.24, 2.45) is 17.3 Å². The van der Waals surface area contributed by atoms with Crippen LogP contribution in [0.4, 0.5) is 13.2 Å². The molecule has 4 nitrogen and oxygen atoms in total. The topological polar surface area (TPSA) is 54.6 Å². The molecule has 0 bridgehead atoms. The quantitative estimate of drug-likeness (QED) is 0.0489. The van der Waals surface area contributed by atoms with Crippen molar-refractivity contribution in [3.63, 3.8) is 0 Å². The average molecular weight is 940 g/mol. The van der Waals surface area contributed by atoms with Crippen LogP contribution < -0.4 is 0 Å². The van der Waals surface area contributed by atoms with Gasteiger partial charge in [-0.2, -0.15) is 13.2 Å². The number of alkyl halides is 3. The Labute approximate surface area is 342 Å². The molecule has 0 aliphatic rings.